The van der Waals surface area contributed by atoms with Gasteiger partial charge in [0.15, 0.2) is 0 Å². The predicted octanol–water partition coefficient (Wildman–Crippen LogP) is 10.5. The number of aryl methyl sites for hydroxylation is 3. The van der Waals surface area contributed by atoms with Crippen molar-refractivity contribution in [3.63, 3.8) is 0 Å². The molecular formula is C52H54O6. The summed E-state index contributed by atoms with van der Waals surface area (Å²) in [7, 11) is 1.41. The molecule has 1 N–H and O–H groups in total. The van der Waals surface area contributed by atoms with Gasteiger partial charge in [0.25, 0.3) is 0 Å². The van der Waals surface area contributed by atoms with E-state index in [0.717, 1.165) is 71.9 Å². The maximum atomic E-state index is 14.0. The van der Waals surface area contributed by atoms with E-state index in [4.69, 9.17) is 14.2 Å². The van der Waals surface area contributed by atoms with E-state index in [1.807, 2.05) is 133 Å². The van der Waals surface area contributed by atoms with Crippen molar-refractivity contribution in [2.75, 3.05) is 13.7 Å². The Hall–Kier alpha value is -5.82. The molecule has 0 spiro atoms. The van der Waals surface area contributed by atoms with E-state index in [2.05, 4.69) is 30.3 Å². The van der Waals surface area contributed by atoms with E-state index in [9.17, 15) is 14.7 Å². The number of aliphatic hydroxyl groups excluding tert-OH is 1. The molecule has 6 aromatic carbocycles. The molecule has 6 rings (SSSR count). The third-order valence-corrected chi connectivity index (χ3v) is 10.8. The molecule has 6 heteroatoms. The molecule has 0 fully saturated rings. The Morgan fingerprint density at radius 3 is 1.55 bits per heavy atom. The van der Waals surface area contributed by atoms with Crippen LogP contribution >= 0.6 is 0 Å². The molecule has 0 saturated heterocycles. The summed E-state index contributed by atoms with van der Waals surface area (Å²) in [6.07, 6.45) is 6.21. The van der Waals surface area contributed by atoms with Crippen LogP contribution < -0.4 is 0 Å². The minimum atomic E-state index is -1.05. The zero-order valence-electron chi connectivity index (χ0n) is 33.4. The molecule has 6 nitrogen and oxygen atoms in total. The van der Waals surface area contributed by atoms with Crippen LogP contribution in [0.4, 0.5) is 0 Å². The molecule has 0 aliphatic heterocycles. The zero-order valence-corrected chi connectivity index (χ0v) is 33.4. The number of benzene rings is 6. The van der Waals surface area contributed by atoms with Crippen LogP contribution in [0.3, 0.4) is 0 Å². The number of ether oxygens (including phenoxy) is 3. The number of aliphatic hydroxyl groups is 1. The highest BCUT2D eigenvalue weighted by Gasteiger charge is 2.40. The monoisotopic (exact) mass is 774 g/mol. The van der Waals surface area contributed by atoms with Crippen molar-refractivity contribution in [1.82, 2.24) is 0 Å². The van der Waals surface area contributed by atoms with Crippen LogP contribution in [0, 0.1) is 5.92 Å². The van der Waals surface area contributed by atoms with E-state index >= 15 is 0 Å². The van der Waals surface area contributed by atoms with Crippen molar-refractivity contribution in [2.45, 2.75) is 69.7 Å². The van der Waals surface area contributed by atoms with Crippen molar-refractivity contribution in [1.29, 1.82) is 0 Å². The fourth-order valence-corrected chi connectivity index (χ4v) is 7.60. The molecule has 2 atom stereocenters. The lowest BCUT2D eigenvalue weighted by Crippen LogP contribution is -2.40. The van der Waals surface area contributed by atoms with Gasteiger partial charge < -0.3 is 19.3 Å². The van der Waals surface area contributed by atoms with Gasteiger partial charge in [-0.25, -0.2) is 4.79 Å². The quantitative estimate of drug-likeness (QED) is 0.0446. The number of hydrogen-bond donors (Lipinski definition) is 1. The molecule has 0 aromatic heterocycles. The summed E-state index contributed by atoms with van der Waals surface area (Å²) in [6, 6.07) is 55.9. The first-order valence-electron chi connectivity index (χ1n) is 20.4. The van der Waals surface area contributed by atoms with Crippen LogP contribution in [0.25, 0.3) is 0 Å². The second kappa shape index (κ2) is 21.6. The Morgan fingerprint density at radius 2 is 1.02 bits per heavy atom. The van der Waals surface area contributed by atoms with Crippen LogP contribution in [-0.2, 0) is 50.5 Å². The summed E-state index contributed by atoms with van der Waals surface area (Å²) in [5, 5.41) is 11.9. The van der Waals surface area contributed by atoms with Gasteiger partial charge in [-0.3, -0.25) is 4.79 Å². The smallest absolute Gasteiger partial charge is 0.337 e. The largest absolute Gasteiger partial charge is 0.465 e. The van der Waals surface area contributed by atoms with Gasteiger partial charge in [0.1, 0.15) is 18.1 Å². The Labute approximate surface area is 343 Å². The van der Waals surface area contributed by atoms with E-state index in [1.165, 1.54) is 12.7 Å². The summed E-state index contributed by atoms with van der Waals surface area (Å²) < 4.78 is 17.8. The van der Waals surface area contributed by atoms with E-state index in [1.54, 1.807) is 6.07 Å². The standard InChI is InChI=1S/C52H54O6/c1-56-50(54)44-27-19-26-41(37-44)21-9-3-2-8-20-40-24-18-25-42(36-40)34-35-49(53)48(51(55)57-38-43-22-10-4-11-23-43)39-58-52(45-28-12-5-13-29-45,46-30-14-6-15-31-46)47-32-16-7-17-33-47/h4-7,10-19,22-33,36-37,48-49,53H,2-3,8-9,20-21,34-35,38-39H2,1H3/t48-,49-/m1/s1. The highest BCUT2D eigenvalue weighted by molar-refractivity contribution is 5.89. The third-order valence-electron chi connectivity index (χ3n) is 10.8. The molecule has 0 amide bonds. The normalized spacial score (nSPS) is 12.4. The maximum absolute atomic E-state index is 14.0. The number of unbranched alkanes of at least 4 members (excludes halogenated alkanes) is 3. The zero-order chi connectivity index (χ0) is 40.4. The molecule has 0 heterocycles. The fraction of sp³-hybridized carbons (Fsp3) is 0.269. The molecule has 0 aliphatic carbocycles. The number of carbonyl (C=O) groups is 2. The Balaban J connectivity index is 1.12. The number of rotatable bonds is 21. The summed E-state index contributed by atoms with van der Waals surface area (Å²) in [5.74, 6) is -1.74. The average molecular weight is 775 g/mol. The van der Waals surface area contributed by atoms with Crippen molar-refractivity contribution in [3.05, 3.63) is 214 Å². The van der Waals surface area contributed by atoms with Crippen molar-refractivity contribution in [2.24, 2.45) is 5.92 Å². The van der Waals surface area contributed by atoms with Gasteiger partial charge in [0, 0.05) is 0 Å². The number of esters is 2. The van der Waals surface area contributed by atoms with Crippen molar-refractivity contribution >= 4 is 11.9 Å². The summed E-state index contributed by atoms with van der Waals surface area (Å²) in [6.45, 7) is 0.0406. The average Bonchev–Trinajstić information content (AvgIpc) is 3.28. The SMILES string of the molecule is COC(=O)c1cccc(CCCCCCc2cccc(CC[C@@H](O)[C@@H](COC(c3ccccc3)(c3ccccc3)c3ccccc3)C(=O)OCc3ccccc3)c2)c1. The van der Waals surface area contributed by atoms with Gasteiger partial charge in [-0.2, -0.15) is 0 Å². The fourth-order valence-electron chi connectivity index (χ4n) is 7.60. The molecule has 0 radical (unpaired) electrons. The van der Waals surface area contributed by atoms with Gasteiger partial charge in [0.05, 0.1) is 25.4 Å². The van der Waals surface area contributed by atoms with Crippen molar-refractivity contribution < 1.29 is 28.9 Å². The summed E-state index contributed by atoms with van der Waals surface area (Å²) >= 11 is 0. The first-order valence-corrected chi connectivity index (χ1v) is 20.4. The van der Waals surface area contributed by atoms with Gasteiger partial charge >= 0.3 is 11.9 Å². The lowest BCUT2D eigenvalue weighted by molar-refractivity contribution is -0.159. The van der Waals surface area contributed by atoms with Crippen LogP contribution in [-0.4, -0.2) is 36.9 Å². The maximum Gasteiger partial charge on any atom is 0.337 e. The molecule has 6 aromatic rings. The highest BCUT2D eigenvalue weighted by atomic mass is 16.5. The highest BCUT2D eigenvalue weighted by Crippen LogP contribution is 2.41. The predicted molar refractivity (Wildman–Crippen MR) is 229 cm³/mol. The van der Waals surface area contributed by atoms with Gasteiger partial charge in [-0.1, -0.05) is 171 Å². The van der Waals surface area contributed by atoms with Crippen LogP contribution in [0.2, 0.25) is 0 Å². The van der Waals surface area contributed by atoms with E-state index < -0.39 is 23.6 Å². The van der Waals surface area contributed by atoms with Gasteiger partial charge in [-0.05, 0) is 89.6 Å². The first-order chi connectivity index (χ1) is 28.5. The number of methoxy groups -OCH3 is 1. The number of hydrogen-bond acceptors (Lipinski definition) is 6. The minimum Gasteiger partial charge on any atom is -0.465 e. The van der Waals surface area contributed by atoms with Crippen molar-refractivity contribution in [3.8, 4) is 0 Å². The molecule has 0 unspecified atom stereocenters. The molecule has 58 heavy (non-hydrogen) atoms. The lowest BCUT2D eigenvalue weighted by Gasteiger charge is -2.37. The Morgan fingerprint density at radius 1 is 0.552 bits per heavy atom. The first kappa shape index (κ1) is 41.8. The summed E-state index contributed by atoms with van der Waals surface area (Å²) in [4.78, 5) is 25.9. The van der Waals surface area contributed by atoms with E-state index in [-0.39, 0.29) is 19.2 Å². The molecule has 0 saturated carbocycles. The van der Waals surface area contributed by atoms with Gasteiger partial charge in [0.2, 0.25) is 0 Å². The molecule has 0 aliphatic rings. The Bertz CT molecular complexity index is 2040. The molecular weight excluding hydrogens is 721 g/mol. The van der Waals surface area contributed by atoms with Crippen LogP contribution in [0.1, 0.15) is 81.4 Å². The lowest BCUT2D eigenvalue weighted by atomic mass is 9.80. The minimum absolute atomic E-state index is 0.0653. The second-order valence-electron chi connectivity index (χ2n) is 14.8. The van der Waals surface area contributed by atoms with E-state index in [0.29, 0.717) is 18.4 Å². The van der Waals surface area contributed by atoms with Crippen LogP contribution in [0.5, 0.6) is 0 Å². The molecule has 298 valence electrons. The Kier molecular flexibility index (Phi) is 15.6. The third kappa shape index (κ3) is 11.4. The number of carbonyl (C=O) groups excluding carboxylic acids is 2. The van der Waals surface area contributed by atoms with Crippen LogP contribution in [0.15, 0.2) is 170 Å². The molecule has 0 bridgehead atoms. The van der Waals surface area contributed by atoms with Gasteiger partial charge in [-0.15, -0.1) is 0 Å². The topological polar surface area (TPSA) is 82.1 Å². The second-order valence-corrected chi connectivity index (χ2v) is 14.8. The summed E-state index contributed by atoms with van der Waals surface area (Å²) in [5.41, 5.74) is 6.70.